The number of hydrogen-bond donors (Lipinski definition) is 1. The van der Waals surface area contributed by atoms with Gasteiger partial charge in [-0.05, 0) is 61.3 Å². The van der Waals surface area contributed by atoms with E-state index in [1.807, 2.05) is 24.3 Å². The van der Waals surface area contributed by atoms with Crippen molar-refractivity contribution >= 4 is 0 Å². The number of benzene rings is 3. The largest absolute Gasteiger partial charge is 0.508 e. The van der Waals surface area contributed by atoms with Gasteiger partial charge in [0.05, 0.1) is 18.5 Å². The molecule has 0 fully saturated rings. The Balaban J connectivity index is 1.80. The first-order chi connectivity index (χ1) is 18.1. The van der Waals surface area contributed by atoms with E-state index in [4.69, 9.17) is 9.72 Å². The highest BCUT2D eigenvalue weighted by atomic mass is 16.5. The maximum atomic E-state index is 9.76. The van der Waals surface area contributed by atoms with E-state index in [0.29, 0.717) is 5.75 Å². The molecule has 0 bridgehead atoms. The van der Waals surface area contributed by atoms with Crippen molar-refractivity contribution in [1.29, 1.82) is 0 Å². The van der Waals surface area contributed by atoms with Gasteiger partial charge < -0.3 is 14.4 Å². The number of ether oxygens (including phenoxy) is 1. The number of phenols is 1. The normalized spacial score (nSPS) is 11.2. The van der Waals surface area contributed by atoms with Gasteiger partial charge in [-0.3, -0.25) is 4.90 Å². The summed E-state index contributed by atoms with van der Waals surface area (Å²) >= 11 is 0. The molecule has 1 heterocycles. The van der Waals surface area contributed by atoms with Crippen molar-refractivity contribution in [1.82, 2.24) is 14.5 Å². The molecule has 5 heteroatoms. The summed E-state index contributed by atoms with van der Waals surface area (Å²) in [5.74, 6) is 2.17. The van der Waals surface area contributed by atoms with Crippen molar-refractivity contribution in [2.24, 2.45) is 0 Å². The molecule has 0 unspecified atom stereocenters. The van der Waals surface area contributed by atoms with E-state index in [1.165, 1.54) is 11.3 Å². The van der Waals surface area contributed by atoms with Crippen LogP contribution < -0.4 is 4.74 Å². The lowest BCUT2D eigenvalue weighted by molar-refractivity contribution is 0.246. The molecule has 0 saturated heterocycles. The number of unbranched alkanes of at least 4 members (excludes halogenated alkanes) is 2. The van der Waals surface area contributed by atoms with Crippen LogP contribution in [0.25, 0.3) is 22.6 Å². The Morgan fingerprint density at radius 3 is 2.16 bits per heavy atom. The van der Waals surface area contributed by atoms with Crippen LogP contribution >= 0.6 is 0 Å². The minimum atomic E-state index is 0.302. The van der Waals surface area contributed by atoms with Crippen LogP contribution in [-0.2, 0) is 19.6 Å². The fourth-order valence-electron chi connectivity index (χ4n) is 4.66. The maximum absolute atomic E-state index is 9.76. The Bertz CT molecular complexity index is 1230. The van der Waals surface area contributed by atoms with E-state index >= 15 is 0 Å². The molecule has 0 amide bonds. The Kier molecular flexibility index (Phi) is 9.39. The monoisotopic (exact) mass is 497 g/mol. The summed E-state index contributed by atoms with van der Waals surface area (Å²) in [5, 5.41) is 9.76. The van der Waals surface area contributed by atoms with Gasteiger partial charge in [0.2, 0.25) is 0 Å². The van der Waals surface area contributed by atoms with Crippen LogP contribution in [0.15, 0.2) is 78.9 Å². The molecule has 0 radical (unpaired) electrons. The van der Waals surface area contributed by atoms with Crippen LogP contribution in [0.3, 0.4) is 0 Å². The Morgan fingerprint density at radius 2 is 1.51 bits per heavy atom. The van der Waals surface area contributed by atoms with Crippen LogP contribution in [-0.4, -0.2) is 33.2 Å². The smallest absolute Gasteiger partial charge is 0.140 e. The second kappa shape index (κ2) is 13.1. The molecule has 37 heavy (non-hydrogen) atoms. The second-order valence-electron chi connectivity index (χ2n) is 9.56. The molecule has 4 aromatic rings. The highest BCUT2D eigenvalue weighted by molar-refractivity contribution is 5.69. The summed E-state index contributed by atoms with van der Waals surface area (Å²) in [5.41, 5.74) is 5.71. The third-order valence-corrected chi connectivity index (χ3v) is 6.75. The van der Waals surface area contributed by atoms with Crippen LogP contribution in [0.5, 0.6) is 11.5 Å². The van der Waals surface area contributed by atoms with Gasteiger partial charge in [0, 0.05) is 30.8 Å². The SMILES string of the molecule is CCCCN(Cc1ccc(O)cc1)Cc1c(-c2ccc(OC)cc2)nc(-c2ccccc2)n1CCCC. The highest BCUT2D eigenvalue weighted by Crippen LogP contribution is 2.32. The third-order valence-electron chi connectivity index (χ3n) is 6.75. The number of hydrogen-bond acceptors (Lipinski definition) is 4. The van der Waals surface area contributed by atoms with Gasteiger partial charge >= 0.3 is 0 Å². The third kappa shape index (κ3) is 6.80. The minimum absolute atomic E-state index is 0.302. The predicted octanol–water partition coefficient (Wildman–Crippen LogP) is 7.53. The van der Waals surface area contributed by atoms with E-state index in [0.717, 1.165) is 80.3 Å². The summed E-state index contributed by atoms with van der Waals surface area (Å²) in [6, 6.07) is 26.3. The fraction of sp³-hybridized carbons (Fsp3) is 0.344. The van der Waals surface area contributed by atoms with Gasteiger partial charge in [0.25, 0.3) is 0 Å². The van der Waals surface area contributed by atoms with E-state index in [1.54, 1.807) is 19.2 Å². The number of imidazole rings is 1. The lowest BCUT2D eigenvalue weighted by atomic mass is 10.1. The number of nitrogens with zero attached hydrogens (tertiary/aromatic N) is 3. The van der Waals surface area contributed by atoms with Gasteiger partial charge in [-0.1, -0.05) is 69.2 Å². The van der Waals surface area contributed by atoms with Crippen molar-refractivity contribution < 1.29 is 9.84 Å². The van der Waals surface area contributed by atoms with Gasteiger partial charge in [-0.2, -0.15) is 0 Å². The molecule has 0 aliphatic rings. The molecule has 1 N–H and O–H groups in total. The fourth-order valence-corrected chi connectivity index (χ4v) is 4.66. The Morgan fingerprint density at radius 1 is 0.811 bits per heavy atom. The summed E-state index contributed by atoms with van der Waals surface area (Å²) in [7, 11) is 1.70. The van der Waals surface area contributed by atoms with Crippen molar-refractivity contribution in [2.45, 2.75) is 59.2 Å². The van der Waals surface area contributed by atoms with E-state index < -0.39 is 0 Å². The lowest BCUT2D eigenvalue weighted by Gasteiger charge is -2.24. The predicted molar refractivity (Wildman–Crippen MR) is 152 cm³/mol. The van der Waals surface area contributed by atoms with Crippen LogP contribution in [0.1, 0.15) is 50.8 Å². The Labute approximate surface area is 221 Å². The van der Waals surface area contributed by atoms with Gasteiger partial charge in [-0.15, -0.1) is 0 Å². The molecule has 194 valence electrons. The first kappa shape index (κ1) is 26.5. The minimum Gasteiger partial charge on any atom is -0.508 e. The Hall–Kier alpha value is -3.57. The zero-order valence-electron chi connectivity index (χ0n) is 22.4. The molecular formula is C32H39N3O2. The molecule has 1 aromatic heterocycles. The number of aromatic nitrogens is 2. The summed E-state index contributed by atoms with van der Waals surface area (Å²) in [4.78, 5) is 7.78. The summed E-state index contributed by atoms with van der Waals surface area (Å²) < 4.78 is 7.86. The van der Waals surface area contributed by atoms with Crippen molar-refractivity contribution in [3.63, 3.8) is 0 Å². The first-order valence-electron chi connectivity index (χ1n) is 13.4. The van der Waals surface area contributed by atoms with Crippen molar-refractivity contribution in [3.8, 4) is 34.1 Å². The topological polar surface area (TPSA) is 50.5 Å². The van der Waals surface area contributed by atoms with E-state index in [2.05, 4.69) is 65.8 Å². The second-order valence-corrected chi connectivity index (χ2v) is 9.56. The number of phenolic OH excluding ortho intramolecular Hbond substituents is 1. The molecular weight excluding hydrogens is 458 g/mol. The highest BCUT2D eigenvalue weighted by Gasteiger charge is 2.22. The van der Waals surface area contributed by atoms with Crippen LogP contribution in [0, 0.1) is 0 Å². The average molecular weight is 498 g/mol. The van der Waals surface area contributed by atoms with Crippen LogP contribution in [0.4, 0.5) is 0 Å². The molecule has 0 aliphatic heterocycles. The molecule has 3 aromatic carbocycles. The van der Waals surface area contributed by atoms with Crippen molar-refractivity contribution in [2.75, 3.05) is 13.7 Å². The molecule has 0 saturated carbocycles. The number of rotatable bonds is 13. The average Bonchev–Trinajstić information content (AvgIpc) is 3.30. The molecule has 0 atom stereocenters. The van der Waals surface area contributed by atoms with E-state index in [9.17, 15) is 5.11 Å². The quantitative estimate of drug-likeness (QED) is 0.207. The number of methoxy groups -OCH3 is 1. The molecule has 5 nitrogen and oxygen atoms in total. The van der Waals surface area contributed by atoms with Gasteiger partial charge in [-0.25, -0.2) is 4.98 Å². The molecule has 0 spiro atoms. The molecule has 0 aliphatic carbocycles. The van der Waals surface area contributed by atoms with E-state index in [-0.39, 0.29) is 0 Å². The van der Waals surface area contributed by atoms with Crippen LogP contribution in [0.2, 0.25) is 0 Å². The van der Waals surface area contributed by atoms with Crippen molar-refractivity contribution in [3.05, 3.63) is 90.1 Å². The number of aromatic hydroxyl groups is 1. The summed E-state index contributed by atoms with van der Waals surface area (Å²) in [6.07, 6.45) is 4.49. The lowest BCUT2D eigenvalue weighted by Crippen LogP contribution is -2.26. The summed E-state index contributed by atoms with van der Waals surface area (Å²) in [6.45, 7) is 8.02. The zero-order chi connectivity index (χ0) is 26.0. The van der Waals surface area contributed by atoms with Gasteiger partial charge in [0.1, 0.15) is 17.3 Å². The maximum Gasteiger partial charge on any atom is 0.140 e. The molecule has 4 rings (SSSR count). The standard InChI is InChI=1S/C32H39N3O2/c1-4-6-21-34(23-25-13-17-28(36)18-14-25)24-30-31(26-15-19-29(37-3)20-16-26)33-32(35(30)22-7-5-2)27-11-9-8-10-12-27/h8-20,36H,4-7,21-24H2,1-3H3. The zero-order valence-corrected chi connectivity index (χ0v) is 22.4. The first-order valence-corrected chi connectivity index (χ1v) is 13.4. The van der Waals surface area contributed by atoms with Gasteiger partial charge in [0.15, 0.2) is 0 Å².